The average molecular weight is 496 g/mol. The van der Waals surface area contributed by atoms with Crippen LogP contribution in [0, 0.1) is 5.41 Å². The number of ketones is 1. The minimum absolute atomic E-state index is 0.0189. The monoisotopic (exact) mass is 495 g/mol. The SMILES string of the molecule is CC1=CCCC2(C)C(CCC2(O)CN(C)CCO)c2ccc(cc2C(=O)c2ccco2)CC(O)CC1. The smallest absolute Gasteiger partial charge is 0.228 e. The van der Waals surface area contributed by atoms with E-state index in [4.69, 9.17) is 4.42 Å². The predicted molar refractivity (Wildman–Crippen MR) is 140 cm³/mol. The molecule has 5 rings (SSSR count). The third-order valence-electron chi connectivity index (χ3n) is 8.67. The van der Waals surface area contributed by atoms with Gasteiger partial charge in [0.15, 0.2) is 5.76 Å². The Morgan fingerprint density at radius 2 is 2.03 bits per heavy atom. The van der Waals surface area contributed by atoms with Gasteiger partial charge in [0.05, 0.1) is 24.6 Å². The van der Waals surface area contributed by atoms with Gasteiger partial charge < -0.3 is 24.6 Å². The van der Waals surface area contributed by atoms with Gasteiger partial charge in [-0.15, -0.1) is 0 Å². The van der Waals surface area contributed by atoms with E-state index in [2.05, 4.69) is 19.9 Å². The number of hydrogen-bond donors (Lipinski definition) is 3. The number of hydrogen-bond acceptors (Lipinski definition) is 6. The molecule has 1 heterocycles. The first kappa shape index (κ1) is 26.8. The van der Waals surface area contributed by atoms with Gasteiger partial charge in [-0.05, 0) is 94.2 Å². The van der Waals surface area contributed by atoms with Gasteiger partial charge in [-0.25, -0.2) is 0 Å². The summed E-state index contributed by atoms with van der Waals surface area (Å²) >= 11 is 0. The van der Waals surface area contributed by atoms with Crippen molar-refractivity contribution < 1.29 is 24.5 Å². The molecule has 196 valence electrons. The summed E-state index contributed by atoms with van der Waals surface area (Å²) in [6.45, 7) is 5.30. The Labute approximate surface area is 214 Å². The quantitative estimate of drug-likeness (QED) is 0.404. The summed E-state index contributed by atoms with van der Waals surface area (Å²) in [6.07, 6.45) is 8.25. The first-order valence-electron chi connectivity index (χ1n) is 13.2. The fourth-order valence-corrected chi connectivity index (χ4v) is 6.43. The number of rotatable bonds is 6. The number of aliphatic hydroxyl groups is 3. The van der Waals surface area contributed by atoms with Crippen LogP contribution < -0.4 is 0 Å². The number of aliphatic hydroxyl groups excluding tert-OH is 2. The summed E-state index contributed by atoms with van der Waals surface area (Å²) in [5, 5.41) is 32.3. The van der Waals surface area contributed by atoms with Crippen LogP contribution in [0.5, 0.6) is 0 Å². The van der Waals surface area contributed by atoms with Crippen LogP contribution in [0.25, 0.3) is 0 Å². The molecule has 3 N–H and O–H groups in total. The molecule has 1 saturated carbocycles. The predicted octanol–water partition coefficient (Wildman–Crippen LogP) is 4.47. The van der Waals surface area contributed by atoms with Gasteiger partial charge in [0.1, 0.15) is 0 Å². The summed E-state index contributed by atoms with van der Waals surface area (Å²) in [7, 11) is 1.93. The molecule has 36 heavy (non-hydrogen) atoms. The largest absolute Gasteiger partial charge is 0.461 e. The Morgan fingerprint density at radius 3 is 2.75 bits per heavy atom. The topological polar surface area (TPSA) is 94.1 Å². The number of nitrogens with zero attached hydrogens (tertiary/aromatic N) is 1. The van der Waals surface area contributed by atoms with Crippen LogP contribution in [-0.2, 0) is 6.42 Å². The molecule has 6 heteroatoms. The molecule has 3 aliphatic carbocycles. The Kier molecular flexibility index (Phi) is 8.20. The zero-order valence-corrected chi connectivity index (χ0v) is 21.9. The molecular formula is C30H41NO5. The third kappa shape index (κ3) is 5.37. The molecule has 2 bridgehead atoms. The molecule has 0 spiro atoms. The van der Waals surface area contributed by atoms with E-state index in [9.17, 15) is 20.1 Å². The number of fused-ring (bicyclic) bond motifs is 8. The van der Waals surface area contributed by atoms with Crippen molar-refractivity contribution in [3.05, 3.63) is 70.7 Å². The lowest BCUT2D eigenvalue weighted by molar-refractivity contribution is -0.0810. The number of benzene rings is 1. The highest BCUT2D eigenvalue weighted by atomic mass is 16.3. The van der Waals surface area contributed by atoms with Gasteiger partial charge in [-0.1, -0.05) is 30.7 Å². The van der Waals surface area contributed by atoms with Crippen LogP contribution >= 0.6 is 0 Å². The minimum atomic E-state index is -0.958. The molecule has 0 radical (unpaired) electrons. The van der Waals surface area contributed by atoms with Crippen LogP contribution in [0.3, 0.4) is 0 Å². The lowest BCUT2D eigenvalue weighted by Crippen LogP contribution is -2.52. The third-order valence-corrected chi connectivity index (χ3v) is 8.67. The van der Waals surface area contributed by atoms with Gasteiger partial charge in [-0.2, -0.15) is 0 Å². The van der Waals surface area contributed by atoms with Crippen LogP contribution in [0.2, 0.25) is 0 Å². The van der Waals surface area contributed by atoms with E-state index in [1.807, 2.05) is 30.1 Å². The standard InChI is InChI=1S/C30H41NO5/c1-21-6-4-13-29(2)26(12-14-30(29,35)20-31(3)15-16-32)24-11-9-22(18-23(33)10-8-21)19-25(24)28(34)27-7-5-17-36-27/h5-7,9,11,17,19,23,26,32-33,35H,4,8,10,12-16,18,20H2,1-3H3. The molecule has 3 aliphatic rings. The Morgan fingerprint density at radius 1 is 1.22 bits per heavy atom. The highest BCUT2D eigenvalue weighted by Gasteiger charge is 2.57. The van der Waals surface area contributed by atoms with E-state index in [1.54, 1.807) is 12.1 Å². The van der Waals surface area contributed by atoms with Crippen molar-refractivity contribution in [1.29, 1.82) is 0 Å². The van der Waals surface area contributed by atoms with Crippen molar-refractivity contribution in [2.45, 2.75) is 76.4 Å². The number of likely N-dealkylation sites (N-methyl/N-ethyl adjacent to an activating group) is 1. The lowest BCUT2D eigenvalue weighted by Gasteiger charge is -2.45. The van der Waals surface area contributed by atoms with E-state index in [0.717, 1.165) is 36.8 Å². The van der Waals surface area contributed by atoms with Crippen molar-refractivity contribution in [2.24, 2.45) is 5.41 Å². The van der Waals surface area contributed by atoms with Crippen molar-refractivity contribution >= 4 is 5.78 Å². The van der Waals surface area contributed by atoms with Crippen LogP contribution in [0.15, 0.2) is 52.7 Å². The zero-order valence-electron chi connectivity index (χ0n) is 21.9. The van der Waals surface area contributed by atoms with Crippen LogP contribution in [-0.4, -0.2) is 64.5 Å². The van der Waals surface area contributed by atoms with Gasteiger partial charge in [0.2, 0.25) is 5.78 Å². The van der Waals surface area contributed by atoms with Crippen LogP contribution in [0.1, 0.15) is 85.5 Å². The Hall–Kier alpha value is -2.25. The summed E-state index contributed by atoms with van der Waals surface area (Å²) in [5.74, 6) is 0.116. The summed E-state index contributed by atoms with van der Waals surface area (Å²) in [5.41, 5.74) is 2.29. The zero-order chi connectivity index (χ0) is 25.9. The van der Waals surface area contributed by atoms with Crippen LogP contribution in [0.4, 0.5) is 0 Å². The minimum Gasteiger partial charge on any atom is -0.461 e. The molecule has 1 aromatic heterocycles. The van der Waals surface area contributed by atoms with E-state index in [1.165, 1.54) is 11.8 Å². The normalized spacial score (nSPS) is 29.1. The second-order valence-corrected chi connectivity index (χ2v) is 11.2. The van der Waals surface area contributed by atoms with E-state index in [0.29, 0.717) is 43.7 Å². The number of furan rings is 1. The number of carbonyl (C=O) groups excluding carboxylic acids is 1. The Balaban J connectivity index is 1.82. The average Bonchev–Trinajstić information content (AvgIpc) is 3.45. The fraction of sp³-hybridized carbons (Fsp3) is 0.567. The van der Waals surface area contributed by atoms with Crippen molar-refractivity contribution in [2.75, 3.05) is 26.7 Å². The number of allylic oxidation sites excluding steroid dienone is 2. The van der Waals surface area contributed by atoms with Crippen molar-refractivity contribution in [1.82, 2.24) is 4.90 Å². The van der Waals surface area contributed by atoms with Crippen molar-refractivity contribution in [3.63, 3.8) is 0 Å². The van der Waals surface area contributed by atoms with Gasteiger partial charge in [-0.3, -0.25) is 4.79 Å². The molecular weight excluding hydrogens is 454 g/mol. The molecule has 0 aliphatic heterocycles. The molecule has 2 aromatic rings. The van der Waals surface area contributed by atoms with Gasteiger partial charge in [0.25, 0.3) is 0 Å². The first-order chi connectivity index (χ1) is 17.2. The maximum Gasteiger partial charge on any atom is 0.228 e. The highest BCUT2D eigenvalue weighted by Crippen LogP contribution is 2.58. The fourth-order valence-electron chi connectivity index (χ4n) is 6.43. The van der Waals surface area contributed by atoms with Crippen molar-refractivity contribution in [3.8, 4) is 0 Å². The summed E-state index contributed by atoms with van der Waals surface area (Å²) in [4.78, 5) is 15.6. The van der Waals surface area contributed by atoms with E-state index < -0.39 is 17.1 Å². The summed E-state index contributed by atoms with van der Waals surface area (Å²) < 4.78 is 5.48. The molecule has 0 amide bonds. The van der Waals surface area contributed by atoms with E-state index in [-0.39, 0.29) is 18.3 Å². The number of carbonyl (C=O) groups is 1. The maximum atomic E-state index is 13.6. The first-order valence-corrected chi connectivity index (χ1v) is 13.2. The molecule has 1 aromatic carbocycles. The second-order valence-electron chi connectivity index (χ2n) is 11.2. The second kappa shape index (κ2) is 11.0. The summed E-state index contributed by atoms with van der Waals surface area (Å²) in [6, 6.07) is 9.40. The van der Waals surface area contributed by atoms with Gasteiger partial charge >= 0.3 is 0 Å². The molecule has 6 nitrogen and oxygen atoms in total. The molecule has 4 atom stereocenters. The van der Waals surface area contributed by atoms with E-state index >= 15 is 0 Å². The lowest BCUT2D eigenvalue weighted by atomic mass is 9.64. The molecule has 0 saturated heterocycles. The maximum absolute atomic E-state index is 13.6. The Bertz CT molecular complexity index is 1080. The molecule has 4 unspecified atom stereocenters. The van der Waals surface area contributed by atoms with Gasteiger partial charge in [0, 0.05) is 24.1 Å². The molecule has 1 fully saturated rings. The highest BCUT2D eigenvalue weighted by molar-refractivity contribution is 6.08.